The number of carbonyl (C=O) groups excluding carboxylic acids is 1. The molecule has 0 N–H and O–H groups in total. The highest BCUT2D eigenvalue weighted by Crippen LogP contribution is 2.03. The van der Waals surface area contributed by atoms with Gasteiger partial charge in [0.2, 0.25) is 0 Å². The fraction of sp³-hybridized carbons (Fsp3) is 0.250. The Bertz CT molecular complexity index is 325. The van der Waals surface area contributed by atoms with Crippen molar-refractivity contribution in [2.24, 2.45) is 0 Å². The molecule has 0 aliphatic carbocycles. The lowest BCUT2D eigenvalue weighted by atomic mass is 10.2. The molecule has 74 valence electrons. The molecule has 0 amide bonds. The third-order valence-electron chi connectivity index (χ3n) is 1.97. The van der Waals surface area contributed by atoms with Gasteiger partial charge in [-0.15, -0.1) is 0 Å². The van der Waals surface area contributed by atoms with Crippen LogP contribution in [0.3, 0.4) is 0 Å². The minimum Gasteiger partial charge on any atom is -0.457 e. The van der Waals surface area contributed by atoms with E-state index in [-0.39, 0.29) is 5.97 Å². The molecule has 0 atom stereocenters. The Hall–Kier alpha value is -1.57. The first-order chi connectivity index (χ1) is 6.74. The highest BCUT2D eigenvalue weighted by atomic mass is 16.5. The highest BCUT2D eigenvalue weighted by molar-refractivity contribution is 5.87. The van der Waals surface area contributed by atoms with Crippen LogP contribution in [0.2, 0.25) is 0 Å². The largest absolute Gasteiger partial charge is 0.457 e. The number of ether oxygens (including phenoxy) is 1. The van der Waals surface area contributed by atoms with Gasteiger partial charge in [-0.1, -0.05) is 36.4 Å². The zero-order valence-corrected chi connectivity index (χ0v) is 8.49. The van der Waals surface area contributed by atoms with Gasteiger partial charge in [-0.05, 0) is 19.4 Å². The van der Waals surface area contributed by atoms with Gasteiger partial charge in [0.15, 0.2) is 0 Å². The molecule has 0 radical (unpaired) electrons. The second-order valence-corrected chi connectivity index (χ2v) is 3.03. The molecule has 0 aromatic heterocycles. The van der Waals surface area contributed by atoms with Crippen molar-refractivity contribution in [1.82, 2.24) is 0 Å². The maximum atomic E-state index is 11.3. The van der Waals surface area contributed by atoms with Crippen molar-refractivity contribution in [2.75, 3.05) is 0 Å². The first-order valence-corrected chi connectivity index (χ1v) is 4.58. The molecule has 1 aromatic rings. The van der Waals surface area contributed by atoms with Crippen LogP contribution in [0.4, 0.5) is 0 Å². The predicted octanol–water partition coefficient (Wildman–Crippen LogP) is 2.70. The van der Waals surface area contributed by atoms with E-state index in [1.54, 1.807) is 13.0 Å². The van der Waals surface area contributed by atoms with Crippen molar-refractivity contribution in [3.05, 3.63) is 47.5 Å². The van der Waals surface area contributed by atoms with E-state index >= 15 is 0 Å². The molecule has 0 unspecified atom stereocenters. The molecule has 0 saturated heterocycles. The van der Waals surface area contributed by atoms with Gasteiger partial charge in [-0.2, -0.15) is 0 Å². The summed E-state index contributed by atoms with van der Waals surface area (Å²) >= 11 is 0. The van der Waals surface area contributed by atoms with E-state index in [4.69, 9.17) is 4.74 Å². The topological polar surface area (TPSA) is 26.3 Å². The zero-order chi connectivity index (χ0) is 10.4. The summed E-state index contributed by atoms with van der Waals surface area (Å²) in [6.07, 6.45) is 1.74. The van der Waals surface area contributed by atoms with Gasteiger partial charge in [0.1, 0.15) is 6.61 Å². The lowest BCUT2D eigenvalue weighted by Crippen LogP contribution is -2.05. The molecule has 0 saturated carbocycles. The van der Waals surface area contributed by atoms with Crippen molar-refractivity contribution in [2.45, 2.75) is 20.5 Å². The minimum atomic E-state index is -0.253. The van der Waals surface area contributed by atoms with Crippen LogP contribution in [0.25, 0.3) is 0 Å². The minimum absolute atomic E-state index is 0.253. The summed E-state index contributed by atoms with van der Waals surface area (Å²) in [6, 6.07) is 9.64. The molecule has 0 bridgehead atoms. The maximum absolute atomic E-state index is 11.3. The van der Waals surface area contributed by atoms with Gasteiger partial charge < -0.3 is 4.74 Å². The molecular weight excluding hydrogens is 176 g/mol. The fourth-order valence-corrected chi connectivity index (χ4v) is 0.955. The Morgan fingerprint density at radius 2 is 2.00 bits per heavy atom. The van der Waals surface area contributed by atoms with Crippen LogP contribution < -0.4 is 0 Å². The van der Waals surface area contributed by atoms with Crippen molar-refractivity contribution in [3.8, 4) is 0 Å². The summed E-state index contributed by atoms with van der Waals surface area (Å²) in [4.78, 5) is 11.3. The summed E-state index contributed by atoms with van der Waals surface area (Å²) in [5.41, 5.74) is 1.64. The Morgan fingerprint density at radius 1 is 1.36 bits per heavy atom. The quantitative estimate of drug-likeness (QED) is 0.541. The Balaban J connectivity index is 2.46. The van der Waals surface area contributed by atoms with E-state index in [9.17, 15) is 4.79 Å². The molecule has 1 aromatic carbocycles. The molecule has 0 aliphatic rings. The molecule has 14 heavy (non-hydrogen) atoms. The van der Waals surface area contributed by atoms with Crippen molar-refractivity contribution in [3.63, 3.8) is 0 Å². The van der Waals surface area contributed by atoms with Crippen LogP contribution >= 0.6 is 0 Å². The monoisotopic (exact) mass is 190 g/mol. The number of hydrogen-bond acceptors (Lipinski definition) is 2. The lowest BCUT2D eigenvalue weighted by molar-refractivity contribution is -0.140. The molecule has 2 heteroatoms. The first-order valence-electron chi connectivity index (χ1n) is 4.58. The van der Waals surface area contributed by atoms with Crippen LogP contribution in [0, 0.1) is 0 Å². The van der Waals surface area contributed by atoms with Gasteiger partial charge in [0, 0.05) is 5.57 Å². The Kier molecular flexibility index (Phi) is 3.92. The smallest absolute Gasteiger partial charge is 0.333 e. The second kappa shape index (κ2) is 5.22. The van der Waals surface area contributed by atoms with Gasteiger partial charge in [-0.25, -0.2) is 4.79 Å². The van der Waals surface area contributed by atoms with Crippen LogP contribution in [-0.2, 0) is 16.1 Å². The van der Waals surface area contributed by atoms with Crippen LogP contribution in [-0.4, -0.2) is 5.97 Å². The number of esters is 1. The summed E-state index contributed by atoms with van der Waals surface area (Å²) in [5, 5.41) is 0. The van der Waals surface area contributed by atoms with Gasteiger partial charge in [0.25, 0.3) is 0 Å². The van der Waals surface area contributed by atoms with Crippen molar-refractivity contribution < 1.29 is 9.53 Å². The summed E-state index contributed by atoms with van der Waals surface area (Å²) in [6.45, 7) is 3.90. The predicted molar refractivity (Wildman–Crippen MR) is 55.7 cm³/mol. The SMILES string of the molecule is C/C=C(/C)C(=O)OCc1ccccc1. The molecular formula is C12H14O2. The molecule has 0 heterocycles. The third-order valence-corrected chi connectivity index (χ3v) is 1.97. The van der Waals surface area contributed by atoms with Gasteiger partial charge in [-0.3, -0.25) is 0 Å². The zero-order valence-electron chi connectivity index (χ0n) is 8.49. The summed E-state index contributed by atoms with van der Waals surface area (Å²) in [5.74, 6) is -0.253. The van der Waals surface area contributed by atoms with E-state index < -0.39 is 0 Å². The van der Waals surface area contributed by atoms with Crippen molar-refractivity contribution >= 4 is 5.97 Å². The fourth-order valence-electron chi connectivity index (χ4n) is 0.955. The number of rotatable bonds is 3. The highest BCUT2D eigenvalue weighted by Gasteiger charge is 2.03. The average Bonchev–Trinajstić information content (AvgIpc) is 2.26. The normalized spacial score (nSPS) is 11.1. The number of carbonyl (C=O) groups is 1. The Morgan fingerprint density at radius 3 is 2.57 bits per heavy atom. The number of benzene rings is 1. The summed E-state index contributed by atoms with van der Waals surface area (Å²) in [7, 11) is 0. The average molecular weight is 190 g/mol. The van der Waals surface area contributed by atoms with Crippen LogP contribution in [0.5, 0.6) is 0 Å². The van der Waals surface area contributed by atoms with E-state index in [0.717, 1.165) is 5.56 Å². The van der Waals surface area contributed by atoms with Gasteiger partial charge >= 0.3 is 5.97 Å². The van der Waals surface area contributed by atoms with Crippen LogP contribution in [0.15, 0.2) is 42.0 Å². The van der Waals surface area contributed by atoms with Gasteiger partial charge in [0.05, 0.1) is 0 Å². The molecule has 0 aliphatic heterocycles. The van der Waals surface area contributed by atoms with E-state index in [0.29, 0.717) is 12.2 Å². The third kappa shape index (κ3) is 3.05. The van der Waals surface area contributed by atoms with E-state index in [1.807, 2.05) is 37.3 Å². The standard InChI is InChI=1S/C12H14O2/c1-3-10(2)12(13)14-9-11-7-5-4-6-8-11/h3-8H,9H2,1-2H3/b10-3-. The summed E-state index contributed by atoms with van der Waals surface area (Å²) < 4.78 is 5.07. The molecule has 0 spiro atoms. The Labute approximate surface area is 84.2 Å². The lowest BCUT2D eigenvalue weighted by Gasteiger charge is -2.04. The first kappa shape index (κ1) is 10.5. The molecule has 1 rings (SSSR count). The number of hydrogen-bond donors (Lipinski definition) is 0. The molecule has 0 fully saturated rings. The van der Waals surface area contributed by atoms with Crippen molar-refractivity contribution in [1.29, 1.82) is 0 Å². The van der Waals surface area contributed by atoms with E-state index in [2.05, 4.69) is 0 Å². The van der Waals surface area contributed by atoms with E-state index in [1.165, 1.54) is 0 Å². The maximum Gasteiger partial charge on any atom is 0.333 e. The number of allylic oxidation sites excluding steroid dienone is 1. The van der Waals surface area contributed by atoms with Crippen LogP contribution in [0.1, 0.15) is 19.4 Å². The molecule has 2 nitrogen and oxygen atoms in total. The second-order valence-electron chi connectivity index (χ2n) is 3.03.